The van der Waals surface area contributed by atoms with Crippen molar-refractivity contribution in [3.63, 3.8) is 0 Å². The maximum atomic E-state index is 13.0. The number of phenolic OH excluding ortho intramolecular Hbond substituents is 2. The molecule has 4 saturated carbocycles. The van der Waals surface area contributed by atoms with Crippen molar-refractivity contribution < 1.29 is 24.9 Å². The molecule has 1 aromatic carbocycles. The van der Waals surface area contributed by atoms with E-state index in [2.05, 4.69) is 54.5 Å². The van der Waals surface area contributed by atoms with E-state index in [1.807, 2.05) is 0 Å². The van der Waals surface area contributed by atoms with Crippen LogP contribution in [0.3, 0.4) is 0 Å². The summed E-state index contributed by atoms with van der Waals surface area (Å²) in [5.74, 6) is 1.98. The number of carbonyl (C=O) groups is 1. The zero-order valence-corrected chi connectivity index (χ0v) is 28.2. The maximum absolute atomic E-state index is 13.0. The van der Waals surface area contributed by atoms with E-state index in [-0.39, 0.29) is 50.6 Å². The van der Waals surface area contributed by atoms with Crippen molar-refractivity contribution in [2.24, 2.45) is 56.7 Å². The molecule has 242 valence electrons. The monoisotopic (exact) mass is 604 g/mol. The molecule has 0 bridgehead atoms. The molecule has 0 heterocycles. The molecule has 1 aromatic rings. The second-order valence-corrected chi connectivity index (χ2v) is 17.1. The molecule has 0 radical (unpaired) electrons. The van der Waals surface area contributed by atoms with E-state index in [9.17, 15) is 20.1 Å². The van der Waals surface area contributed by atoms with Crippen LogP contribution in [0.5, 0.6) is 11.5 Å². The minimum Gasteiger partial charge on any atom is -0.504 e. The van der Waals surface area contributed by atoms with Crippen LogP contribution in [0.15, 0.2) is 35.9 Å². The minimum atomic E-state index is -0.358. The number of aliphatic hydroxyl groups is 1. The number of benzene rings is 1. The minimum absolute atomic E-state index is 0.0428. The smallest absolute Gasteiger partial charge is 0.330 e. The molecule has 0 aliphatic heterocycles. The molecule has 10 atom stereocenters. The molecular weight excluding hydrogens is 548 g/mol. The van der Waals surface area contributed by atoms with Crippen LogP contribution in [0.25, 0.3) is 6.08 Å². The summed E-state index contributed by atoms with van der Waals surface area (Å²) in [7, 11) is 0. The Morgan fingerprint density at radius 1 is 0.932 bits per heavy atom. The van der Waals surface area contributed by atoms with Gasteiger partial charge < -0.3 is 20.1 Å². The third-order valence-electron chi connectivity index (χ3n) is 15.0. The number of aromatic hydroxyl groups is 2. The number of aliphatic hydroxyl groups excluding tert-OH is 1. The number of rotatable bonds is 4. The van der Waals surface area contributed by atoms with E-state index >= 15 is 0 Å². The lowest BCUT2D eigenvalue weighted by atomic mass is 9.33. The van der Waals surface area contributed by atoms with Crippen LogP contribution in [0, 0.1) is 56.7 Å². The molecule has 0 aromatic heterocycles. The Kier molecular flexibility index (Phi) is 7.67. The van der Waals surface area contributed by atoms with E-state index < -0.39 is 0 Å². The molecular formula is C39H56O5. The first-order valence-corrected chi connectivity index (χ1v) is 17.3. The van der Waals surface area contributed by atoms with Gasteiger partial charge in [0.15, 0.2) is 11.5 Å². The Morgan fingerprint density at radius 3 is 2.41 bits per heavy atom. The van der Waals surface area contributed by atoms with Crippen molar-refractivity contribution in [2.45, 2.75) is 112 Å². The van der Waals surface area contributed by atoms with Gasteiger partial charge in [-0.2, -0.15) is 0 Å². The molecule has 5 nitrogen and oxygen atoms in total. The predicted molar refractivity (Wildman–Crippen MR) is 175 cm³/mol. The molecule has 44 heavy (non-hydrogen) atoms. The van der Waals surface area contributed by atoms with Gasteiger partial charge in [-0.3, -0.25) is 0 Å². The Morgan fingerprint density at radius 2 is 1.68 bits per heavy atom. The van der Waals surface area contributed by atoms with Crippen molar-refractivity contribution >= 4 is 12.0 Å². The maximum Gasteiger partial charge on any atom is 0.330 e. The highest BCUT2D eigenvalue weighted by Gasteiger charge is 2.68. The summed E-state index contributed by atoms with van der Waals surface area (Å²) in [5.41, 5.74) is 2.77. The van der Waals surface area contributed by atoms with Crippen molar-refractivity contribution in [1.29, 1.82) is 0 Å². The molecule has 0 spiro atoms. The summed E-state index contributed by atoms with van der Waals surface area (Å²) >= 11 is 0. The molecule has 5 aliphatic rings. The third kappa shape index (κ3) is 4.53. The number of hydrogen-bond acceptors (Lipinski definition) is 5. The number of hydrogen-bond donors (Lipinski definition) is 3. The van der Waals surface area contributed by atoms with Gasteiger partial charge >= 0.3 is 5.97 Å². The van der Waals surface area contributed by atoms with Crippen LogP contribution in [0.2, 0.25) is 0 Å². The summed E-state index contributed by atoms with van der Waals surface area (Å²) in [5, 5.41) is 30.4. The van der Waals surface area contributed by atoms with Crippen LogP contribution >= 0.6 is 0 Å². The van der Waals surface area contributed by atoms with Crippen molar-refractivity contribution in [2.75, 3.05) is 6.61 Å². The zero-order chi connectivity index (χ0) is 31.9. The highest BCUT2D eigenvalue weighted by Crippen LogP contribution is 2.75. The van der Waals surface area contributed by atoms with Gasteiger partial charge in [-0.05, 0) is 133 Å². The zero-order valence-electron chi connectivity index (χ0n) is 28.2. The number of fused-ring (bicyclic) bond motifs is 7. The Bertz CT molecular complexity index is 1360. The predicted octanol–water partition coefficient (Wildman–Crippen LogP) is 8.67. The standard InChI is InChI=1S/C39H56O5/c1-24-14-19-39(23-44-33(43)13-9-26-8-11-28(40)29(41)22-26)21-20-37(6)27(34(39)25(24)2)10-12-31-36(5)17-16-32(42)35(3,4)30(36)15-18-38(31,37)7/h8-11,13,22,24-25,30-32,34,40-42H,12,14-21,23H2,1-7H3/b13-9+/t24-,25+,30+,31-,32+,34+,36+,37-,38-,39-/m1/s1. The van der Waals surface area contributed by atoms with Gasteiger partial charge in [0.2, 0.25) is 0 Å². The molecule has 5 aliphatic carbocycles. The van der Waals surface area contributed by atoms with Crippen molar-refractivity contribution in [1.82, 2.24) is 0 Å². The summed E-state index contributed by atoms with van der Waals surface area (Å²) in [6.45, 7) is 17.7. The molecule has 6 rings (SSSR count). The fourth-order valence-electron chi connectivity index (χ4n) is 11.9. The normalized spacial score (nSPS) is 44.5. The Labute approximate surface area is 265 Å². The van der Waals surface area contributed by atoms with Gasteiger partial charge in [0, 0.05) is 11.5 Å². The number of ether oxygens (including phenoxy) is 1. The van der Waals surface area contributed by atoms with E-state index in [0.717, 1.165) is 38.5 Å². The van der Waals surface area contributed by atoms with Gasteiger partial charge in [0.1, 0.15) is 0 Å². The van der Waals surface area contributed by atoms with Crippen LogP contribution < -0.4 is 0 Å². The van der Waals surface area contributed by atoms with E-state index in [4.69, 9.17) is 4.74 Å². The quantitative estimate of drug-likeness (QED) is 0.139. The average Bonchev–Trinajstić information content (AvgIpc) is 2.97. The van der Waals surface area contributed by atoms with E-state index in [1.54, 1.807) is 17.7 Å². The van der Waals surface area contributed by atoms with Crippen molar-refractivity contribution in [3.8, 4) is 11.5 Å². The Hall–Kier alpha value is -2.27. The number of allylic oxidation sites excluding steroid dienone is 2. The Balaban J connectivity index is 1.29. The lowest BCUT2D eigenvalue weighted by Gasteiger charge is -2.71. The lowest BCUT2D eigenvalue weighted by molar-refractivity contribution is -0.206. The molecule has 0 saturated heterocycles. The topological polar surface area (TPSA) is 87.0 Å². The number of carbonyl (C=O) groups excluding carboxylic acids is 1. The van der Waals surface area contributed by atoms with Gasteiger partial charge in [0.25, 0.3) is 0 Å². The van der Waals surface area contributed by atoms with Crippen molar-refractivity contribution in [3.05, 3.63) is 41.5 Å². The second kappa shape index (κ2) is 10.6. The molecule has 0 amide bonds. The highest BCUT2D eigenvalue weighted by molar-refractivity contribution is 5.87. The first-order valence-electron chi connectivity index (χ1n) is 17.3. The first-order chi connectivity index (χ1) is 20.6. The lowest BCUT2D eigenvalue weighted by Crippen LogP contribution is -2.65. The van der Waals surface area contributed by atoms with Gasteiger partial charge in [0.05, 0.1) is 12.7 Å². The third-order valence-corrected chi connectivity index (χ3v) is 15.0. The average molecular weight is 605 g/mol. The molecule has 3 N–H and O–H groups in total. The van der Waals surface area contributed by atoms with Gasteiger partial charge in [-0.1, -0.05) is 66.2 Å². The SMILES string of the molecule is C[C@H]1[C@H](C)CC[C@]2(COC(=O)/C=C/c3ccc(O)c(O)c3)CC[C@]3(C)C(=CC[C@@H]4[C@@]5(C)CC[C@H](O)C(C)(C)[C@@H]5CC[C@]43C)[C@H]12. The number of esters is 1. The summed E-state index contributed by atoms with van der Waals surface area (Å²) in [6.07, 6.45) is 15.6. The van der Waals surface area contributed by atoms with Gasteiger partial charge in [-0.15, -0.1) is 0 Å². The molecule has 5 heteroatoms. The number of phenols is 2. The molecule has 4 fully saturated rings. The first kappa shape index (κ1) is 31.7. The summed E-state index contributed by atoms with van der Waals surface area (Å²) < 4.78 is 6.08. The second-order valence-electron chi connectivity index (χ2n) is 17.1. The van der Waals surface area contributed by atoms with E-state index in [0.29, 0.717) is 41.8 Å². The fourth-order valence-corrected chi connectivity index (χ4v) is 11.9. The van der Waals surface area contributed by atoms with Crippen LogP contribution in [-0.4, -0.2) is 34.0 Å². The largest absolute Gasteiger partial charge is 0.504 e. The fraction of sp³-hybridized carbons (Fsp3) is 0.718. The molecule has 0 unspecified atom stereocenters. The summed E-state index contributed by atoms with van der Waals surface area (Å²) in [4.78, 5) is 13.0. The highest BCUT2D eigenvalue weighted by atomic mass is 16.5. The van der Waals surface area contributed by atoms with Crippen LogP contribution in [0.4, 0.5) is 0 Å². The van der Waals surface area contributed by atoms with E-state index in [1.165, 1.54) is 37.5 Å². The summed E-state index contributed by atoms with van der Waals surface area (Å²) in [6, 6.07) is 4.52. The van der Waals surface area contributed by atoms with Crippen LogP contribution in [0.1, 0.15) is 112 Å². The van der Waals surface area contributed by atoms with Crippen LogP contribution in [-0.2, 0) is 9.53 Å². The van der Waals surface area contributed by atoms with Gasteiger partial charge in [-0.25, -0.2) is 4.79 Å².